The summed E-state index contributed by atoms with van der Waals surface area (Å²) in [7, 11) is -2.77. The number of nitrogens with zero attached hydrogens (tertiary/aromatic N) is 2. The molecule has 0 bridgehead atoms. The van der Waals surface area contributed by atoms with E-state index in [1.807, 2.05) is 6.07 Å². The van der Waals surface area contributed by atoms with Gasteiger partial charge in [-0.25, -0.2) is 17.2 Å². The first kappa shape index (κ1) is 20.9. The highest BCUT2D eigenvalue weighted by molar-refractivity contribution is 7.89. The smallest absolute Gasteiger partial charge is 0.249 e. The van der Waals surface area contributed by atoms with Gasteiger partial charge in [-0.1, -0.05) is 18.2 Å². The van der Waals surface area contributed by atoms with Gasteiger partial charge in [0.05, 0.1) is 7.11 Å². The van der Waals surface area contributed by atoms with E-state index in [0.29, 0.717) is 5.75 Å². The number of piperazine rings is 1. The van der Waals surface area contributed by atoms with Crippen molar-refractivity contribution in [2.24, 2.45) is 0 Å². The minimum atomic E-state index is -4.32. The monoisotopic (exact) mass is 422 g/mol. The highest BCUT2D eigenvalue weighted by atomic mass is 32.2. The molecule has 0 unspecified atom stereocenters. The summed E-state index contributed by atoms with van der Waals surface area (Å²) in [5.74, 6) is -1.88. The van der Waals surface area contributed by atoms with Crippen LogP contribution in [0.15, 0.2) is 53.4 Å². The predicted molar refractivity (Wildman–Crippen MR) is 104 cm³/mol. The van der Waals surface area contributed by atoms with Crippen LogP contribution in [0.25, 0.3) is 6.08 Å². The molecule has 1 heterocycles. The van der Waals surface area contributed by atoms with Crippen LogP contribution in [0.1, 0.15) is 5.56 Å². The lowest BCUT2D eigenvalue weighted by molar-refractivity contribution is -0.127. The number of halogens is 2. The number of benzene rings is 2. The number of amides is 1. The van der Waals surface area contributed by atoms with Crippen molar-refractivity contribution < 1.29 is 26.7 Å². The number of carbonyl (C=O) groups is 1. The van der Waals surface area contributed by atoms with Gasteiger partial charge in [0.25, 0.3) is 0 Å². The Hall–Kier alpha value is -2.78. The van der Waals surface area contributed by atoms with Gasteiger partial charge in [0, 0.05) is 32.3 Å². The standard InChI is InChI=1S/C20H20F2N2O4S/c1-28-16-5-2-4-15(14-16)8-9-19(25)23-10-12-24(13-11-23)29(26,27)20-17(21)6-3-7-18(20)22/h2-9,14H,10-13H2,1H3/b9-8+. The number of hydrogen-bond donors (Lipinski definition) is 0. The van der Waals surface area contributed by atoms with E-state index < -0.39 is 26.6 Å². The average Bonchev–Trinajstić information content (AvgIpc) is 2.72. The van der Waals surface area contributed by atoms with Crippen molar-refractivity contribution in [2.75, 3.05) is 33.3 Å². The van der Waals surface area contributed by atoms with Crippen LogP contribution < -0.4 is 4.74 Å². The number of carbonyl (C=O) groups excluding carboxylic acids is 1. The summed E-state index contributed by atoms with van der Waals surface area (Å²) in [5, 5.41) is 0. The zero-order valence-electron chi connectivity index (χ0n) is 15.7. The van der Waals surface area contributed by atoms with Gasteiger partial charge >= 0.3 is 0 Å². The van der Waals surface area contributed by atoms with Crippen LogP contribution in [-0.4, -0.2) is 56.8 Å². The van der Waals surface area contributed by atoms with Gasteiger partial charge < -0.3 is 9.64 Å². The molecule has 0 aromatic heterocycles. The van der Waals surface area contributed by atoms with E-state index in [1.165, 1.54) is 11.0 Å². The maximum absolute atomic E-state index is 13.9. The molecule has 2 aromatic rings. The molecule has 1 aliphatic heterocycles. The predicted octanol–water partition coefficient (Wildman–Crippen LogP) is 2.52. The maximum Gasteiger partial charge on any atom is 0.249 e. The van der Waals surface area contributed by atoms with E-state index in [1.54, 1.807) is 31.4 Å². The molecular weight excluding hydrogens is 402 g/mol. The van der Waals surface area contributed by atoms with Gasteiger partial charge in [0.15, 0.2) is 4.90 Å². The molecule has 1 saturated heterocycles. The number of hydrogen-bond acceptors (Lipinski definition) is 4. The zero-order valence-corrected chi connectivity index (χ0v) is 16.5. The van der Waals surface area contributed by atoms with Crippen LogP contribution in [0.2, 0.25) is 0 Å². The third-order valence-electron chi connectivity index (χ3n) is 4.58. The fourth-order valence-electron chi connectivity index (χ4n) is 3.03. The van der Waals surface area contributed by atoms with Crippen LogP contribution in [-0.2, 0) is 14.8 Å². The Labute approximate surface area is 168 Å². The first-order valence-corrected chi connectivity index (χ1v) is 10.3. The molecular formula is C20H20F2N2O4S. The fraction of sp³-hybridized carbons (Fsp3) is 0.250. The third-order valence-corrected chi connectivity index (χ3v) is 6.53. The molecule has 154 valence electrons. The average molecular weight is 422 g/mol. The second-order valence-corrected chi connectivity index (χ2v) is 8.26. The van der Waals surface area contributed by atoms with Crippen LogP contribution in [0.3, 0.4) is 0 Å². The molecule has 0 spiro atoms. The summed E-state index contributed by atoms with van der Waals surface area (Å²) in [4.78, 5) is 12.9. The number of sulfonamides is 1. The first-order chi connectivity index (χ1) is 13.8. The summed E-state index contributed by atoms with van der Waals surface area (Å²) in [5.41, 5.74) is 0.786. The van der Waals surface area contributed by atoms with E-state index in [-0.39, 0.29) is 32.1 Å². The Balaban J connectivity index is 1.65. The van der Waals surface area contributed by atoms with E-state index in [9.17, 15) is 22.0 Å². The van der Waals surface area contributed by atoms with Crippen molar-refractivity contribution in [3.63, 3.8) is 0 Å². The molecule has 1 aliphatic rings. The number of rotatable bonds is 5. The number of methoxy groups -OCH3 is 1. The summed E-state index contributed by atoms with van der Waals surface area (Å²) in [6, 6.07) is 10.1. The third kappa shape index (κ3) is 4.63. The van der Waals surface area contributed by atoms with Gasteiger partial charge in [-0.05, 0) is 35.9 Å². The second-order valence-electron chi connectivity index (χ2n) is 6.39. The van der Waals surface area contributed by atoms with Crippen molar-refractivity contribution in [3.05, 3.63) is 65.7 Å². The van der Waals surface area contributed by atoms with Gasteiger partial charge in [-0.2, -0.15) is 4.31 Å². The van der Waals surface area contributed by atoms with E-state index in [0.717, 1.165) is 28.1 Å². The summed E-state index contributed by atoms with van der Waals surface area (Å²) >= 11 is 0. The number of ether oxygens (including phenoxy) is 1. The normalized spacial score (nSPS) is 15.6. The quantitative estimate of drug-likeness (QED) is 0.695. The SMILES string of the molecule is COc1cccc(/C=C/C(=O)N2CCN(S(=O)(=O)c3c(F)cccc3F)CC2)c1. The topological polar surface area (TPSA) is 66.9 Å². The molecule has 1 fully saturated rings. The van der Waals surface area contributed by atoms with Gasteiger partial charge in [0.2, 0.25) is 15.9 Å². The van der Waals surface area contributed by atoms with Gasteiger partial charge in [-0.15, -0.1) is 0 Å². The van der Waals surface area contributed by atoms with E-state index in [2.05, 4.69) is 0 Å². The molecule has 0 saturated carbocycles. The Kier molecular flexibility index (Phi) is 6.29. The van der Waals surface area contributed by atoms with E-state index >= 15 is 0 Å². The molecule has 0 aliphatic carbocycles. The highest BCUT2D eigenvalue weighted by Gasteiger charge is 2.33. The van der Waals surface area contributed by atoms with Crippen molar-refractivity contribution in [1.82, 2.24) is 9.21 Å². The van der Waals surface area contributed by atoms with Crippen molar-refractivity contribution in [2.45, 2.75) is 4.90 Å². The minimum Gasteiger partial charge on any atom is -0.497 e. The van der Waals surface area contributed by atoms with Crippen LogP contribution in [0.5, 0.6) is 5.75 Å². The Bertz CT molecular complexity index is 1010. The molecule has 0 N–H and O–H groups in total. The lowest BCUT2D eigenvalue weighted by Crippen LogP contribution is -2.50. The highest BCUT2D eigenvalue weighted by Crippen LogP contribution is 2.23. The zero-order chi connectivity index (χ0) is 21.0. The van der Waals surface area contributed by atoms with Crippen molar-refractivity contribution in [3.8, 4) is 5.75 Å². The molecule has 6 nitrogen and oxygen atoms in total. The molecule has 0 radical (unpaired) electrons. The lowest BCUT2D eigenvalue weighted by atomic mass is 10.2. The summed E-state index contributed by atoms with van der Waals surface area (Å²) in [6.07, 6.45) is 3.04. The molecule has 9 heteroatoms. The minimum absolute atomic E-state index is 0.0468. The molecule has 1 amide bonds. The van der Waals surface area contributed by atoms with Crippen molar-refractivity contribution >= 4 is 22.0 Å². The van der Waals surface area contributed by atoms with Crippen LogP contribution in [0, 0.1) is 11.6 Å². The van der Waals surface area contributed by atoms with Gasteiger partial charge in [0.1, 0.15) is 17.4 Å². The Morgan fingerprint density at radius 3 is 2.28 bits per heavy atom. The largest absolute Gasteiger partial charge is 0.497 e. The Morgan fingerprint density at radius 2 is 1.66 bits per heavy atom. The molecule has 3 rings (SSSR count). The summed E-state index contributed by atoms with van der Waals surface area (Å²) < 4.78 is 59.1. The Morgan fingerprint density at radius 1 is 1.03 bits per heavy atom. The second kappa shape index (κ2) is 8.71. The fourth-order valence-corrected chi connectivity index (χ4v) is 4.56. The summed E-state index contributed by atoms with van der Waals surface area (Å²) in [6.45, 7) is 0.150. The van der Waals surface area contributed by atoms with Gasteiger partial charge in [-0.3, -0.25) is 4.79 Å². The van der Waals surface area contributed by atoms with Crippen molar-refractivity contribution in [1.29, 1.82) is 0 Å². The molecule has 29 heavy (non-hydrogen) atoms. The van der Waals surface area contributed by atoms with E-state index in [4.69, 9.17) is 4.74 Å². The maximum atomic E-state index is 13.9. The first-order valence-electron chi connectivity index (χ1n) is 8.88. The lowest BCUT2D eigenvalue weighted by Gasteiger charge is -2.33. The molecule has 2 aromatic carbocycles. The van der Waals surface area contributed by atoms with Crippen LogP contribution >= 0.6 is 0 Å². The molecule has 0 atom stereocenters. The van der Waals surface area contributed by atoms with Crippen LogP contribution in [0.4, 0.5) is 8.78 Å².